The van der Waals surface area contributed by atoms with Crippen LogP contribution in [0.1, 0.15) is 74.5 Å². The number of nitrogens with zero attached hydrogens (tertiary/aromatic N) is 1. The molecule has 218 valence electrons. The summed E-state index contributed by atoms with van der Waals surface area (Å²) in [6, 6.07) is 16.2. The number of ketones is 1. The van der Waals surface area contributed by atoms with Crippen molar-refractivity contribution in [2.24, 2.45) is 0 Å². The highest BCUT2D eigenvalue weighted by molar-refractivity contribution is 7.72. The van der Waals surface area contributed by atoms with E-state index < -0.39 is 20.6 Å². The van der Waals surface area contributed by atoms with Crippen LogP contribution in [0, 0.1) is 0 Å². The lowest BCUT2D eigenvalue weighted by atomic mass is 10.0. The summed E-state index contributed by atoms with van der Waals surface area (Å²) in [5.74, 6) is 0.0701. The summed E-state index contributed by atoms with van der Waals surface area (Å²) in [7, 11) is -5.43. The van der Waals surface area contributed by atoms with Gasteiger partial charge in [-0.15, -0.1) is 0 Å². The van der Waals surface area contributed by atoms with Gasteiger partial charge in [0.2, 0.25) is 0 Å². The molecule has 0 heterocycles. The molecule has 0 saturated heterocycles. The van der Waals surface area contributed by atoms with Crippen LogP contribution in [0.2, 0.25) is 0 Å². The lowest BCUT2D eigenvalue weighted by molar-refractivity contribution is 0.101. The summed E-state index contributed by atoms with van der Waals surface area (Å²) in [6.07, 6.45) is 1.74. The van der Waals surface area contributed by atoms with Gasteiger partial charge in [-0.2, -0.15) is 0 Å². The van der Waals surface area contributed by atoms with E-state index in [2.05, 4.69) is 29.2 Å². The number of benzene rings is 2. The number of hydrogen-bond donors (Lipinski definition) is 0. The lowest BCUT2D eigenvalue weighted by Gasteiger charge is -2.31. The summed E-state index contributed by atoms with van der Waals surface area (Å²) in [6.45, 7) is 10.6. The van der Waals surface area contributed by atoms with Crippen LogP contribution in [-0.2, 0) is 40.2 Å². The molecule has 0 unspecified atom stereocenters. The van der Waals surface area contributed by atoms with Crippen molar-refractivity contribution in [2.75, 3.05) is 40.0 Å². The van der Waals surface area contributed by atoms with Gasteiger partial charge in [-0.1, -0.05) is 48.5 Å². The van der Waals surface area contributed by atoms with Gasteiger partial charge in [-0.05, 0) is 84.2 Å². The van der Waals surface area contributed by atoms with Gasteiger partial charge in [0.1, 0.15) is 0 Å². The number of rotatable bonds is 19. The largest absolute Gasteiger partial charge is 0.345 e. The Morgan fingerprint density at radius 1 is 0.744 bits per heavy atom. The molecule has 0 radical (unpaired) electrons. The molecule has 0 aliphatic heterocycles. The van der Waals surface area contributed by atoms with E-state index in [4.69, 9.17) is 18.1 Å². The smallest absolute Gasteiger partial charge is 0.308 e. The standard InChI is InChI=1S/C29H45NO7P2/c1-7-34-38(32,35-8-2)29(39(33,36-9-3)37-10-4)12-11-21-30(6)23-27-15-13-25(14-16-27)22-26-17-19-28(20-18-26)24(5)31/h13-20,29H,7-12,21-23H2,1-6H3. The Bertz CT molecular complexity index is 1060. The first kappa shape index (κ1) is 33.6. The molecule has 2 aromatic rings. The van der Waals surface area contributed by atoms with Crippen LogP contribution in [0.15, 0.2) is 48.5 Å². The summed E-state index contributed by atoms with van der Waals surface area (Å²) in [4.78, 5) is 13.7. The molecule has 2 rings (SSSR count). The zero-order chi connectivity index (χ0) is 28.9. The van der Waals surface area contributed by atoms with Crippen molar-refractivity contribution < 1.29 is 32.0 Å². The van der Waals surface area contributed by atoms with E-state index in [9.17, 15) is 13.9 Å². The zero-order valence-corrected chi connectivity index (χ0v) is 26.0. The highest BCUT2D eigenvalue weighted by Crippen LogP contribution is 2.71. The molecule has 39 heavy (non-hydrogen) atoms. The van der Waals surface area contributed by atoms with Gasteiger partial charge in [0.15, 0.2) is 11.2 Å². The first-order valence-corrected chi connectivity index (χ1v) is 17.0. The van der Waals surface area contributed by atoms with E-state index in [1.807, 2.05) is 31.3 Å². The van der Waals surface area contributed by atoms with Crippen LogP contribution in [0.25, 0.3) is 0 Å². The van der Waals surface area contributed by atoms with Crippen LogP contribution >= 0.6 is 15.2 Å². The molecule has 10 heteroatoms. The molecule has 0 spiro atoms. The first-order valence-electron chi connectivity index (χ1n) is 13.7. The Kier molecular flexibility index (Phi) is 14.3. The molecule has 0 amide bonds. The van der Waals surface area contributed by atoms with E-state index in [0.29, 0.717) is 19.4 Å². The third-order valence-electron chi connectivity index (χ3n) is 6.21. The molecule has 0 atom stereocenters. The van der Waals surface area contributed by atoms with Gasteiger partial charge in [-0.3, -0.25) is 13.9 Å². The van der Waals surface area contributed by atoms with Gasteiger partial charge in [0.25, 0.3) is 0 Å². The third-order valence-corrected chi connectivity index (χ3v) is 12.4. The van der Waals surface area contributed by atoms with Gasteiger partial charge >= 0.3 is 15.2 Å². The van der Waals surface area contributed by atoms with Crippen molar-refractivity contribution in [3.63, 3.8) is 0 Å². The average Bonchev–Trinajstić information content (AvgIpc) is 2.88. The molecular formula is C29H45NO7P2. The van der Waals surface area contributed by atoms with E-state index >= 15 is 0 Å². The van der Waals surface area contributed by atoms with Crippen molar-refractivity contribution in [3.05, 3.63) is 70.8 Å². The molecule has 8 nitrogen and oxygen atoms in total. The van der Waals surface area contributed by atoms with E-state index in [1.54, 1.807) is 34.6 Å². The zero-order valence-electron chi connectivity index (χ0n) is 24.3. The van der Waals surface area contributed by atoms with Gasteiger partial charge in [-0.25, -0.2) is 0 Å². The van der Waals surface area contributed by atoms with Crippen molar-refractivity contribution in [2.45, 2.75) is 65.8 Å². The summed E-state index contributed by atoms with van der Waals surface area (Å²) in [5.41, 5.74) is 4.26. The Balaban J connectivity index is 2.01. The Morgan fingerprint density at radius 3 is 1.56 bits per heavy atom. The summed E-state index contributed by atoms with van der Waals surface area (Å²) in [5, 5.41) is -0.984. The van der Waals surface area contributed by atoms with Crippen LogP contribution in [0.4, 0.5) is 0 Å². The highest BCUT2D eigenvalue weighted by atomic mass is 31.2. The van der Waals surface area contributed by atoms with Crippen LogP contribution < -0.4 is 0 Å². The van der Waals surface area contributed by atoms with Crippen LogP contribution in [0.3, 0.4) is 0 Å². The summed E-state index contributed by atoms with van der Waals surface area (Å²) >= 11 is 0. The van der Waals surface area contributed by atoms with E-state index in [-0.39, 0.29) is 32.2 Å². The molecule has 0 fully saturated rings. The minimum Gasteiger partial charge on any atom is -0.308 e. The maximum absolute atomic E-state index is 13.7. The first-order chi connectivity index (χ1) is 18.6. The number of carbonyl (C=O) groups is 1. The van der Waals surface area contributed by atoms with Crippen molar-refractivity contribution in [1.82, 2.24) is 4.90 Å². The monoisotopic (exact) mass is 581 g/mol. The maximum atomic E-state index is 13.7. The SMILES string of the molecule is CCOP(=O)(OCC)C(CCCN(C)Cc1ccc(Cc2ccc(C(C)=O)cc2)cc1)P(=O)(OCC)OCC. The molecule has 0 aromatic heterocycles. The second kappa shape index (κ2) is 16.6. The topological polar surface area (TPSA) is 91.4 Å². The highest BCUT2D eigenvalue weighted by Gasteiger charge is 2.50. The quantitative estimate of drug-likeness (QED) is 0.124. The summed E-state index contributed by atoms with van der Waals surface area (Å²) < 4.78 is 49.6. The number of carbonyl (C=O) groups excluding carboxylic acids is 1. The van der Waals surface area contributed by atoms with Crippen molar-refractivity contribution in [1.29, 1.82) is 0 Å². The van der Waals surface area contributed by atoms with Gasteiger partial charge in [0.05, 0.1) is 26.4 Å². The number of hydrogen-bond acceptors (Lipinski definition) is 8. The molecule has 0 saturated carbocycles. The normalized spacial score (nSPS) is 12.4. The number of Topliss-reactive ketones (excluding diaryl/α,β-unsaturated/α-hetero) is 1. The van der Waals surface area contributed by atoms with Crippen LogP contribution in [0.5, 0.6) is 0 Å². The fraction of sp³-hybridized carbons (Fsp3) is 0.552. The maximum Gasteiger partial charge on any atom is 0.345 e. The predicted molar refractivity (Wildman–Crippen MR) is 157 cm³/mol. The van der Waals surface area contributed by atoms with E-state index in [1.165, 1.54) is 11.1 Å². The second-order valence-electron chi connectivity index (χ2n) is 9.36. The van der Waals surface area contributed by atoms with Crippen molar-refractivity contribution in [3.8, 4) is 0 Å². The molecule has 0 bridgehead atoms. The Labute approximate surface area is 234 Å². The minimum atomic E-state index is -3.73. The van der Waals surface area contributed by atoms with Crippen LogP contribution in [-0.4, -0.2) is 56.1 Å². The molecule has 0 N–H and O–H groups in total. The second-order valence-corrected chi connectivity index (χ2v) is 14.2. The van der Waals surface area contributed by atoms with Crippen molar-refractivity contribution >= 4 is 21.0 Å². The predicted octanol–water partition coefficient (Wildman–Crippen LogP) is 7.55. The average molecular weight is 582 g/mol. The third kappa shape index (κ3) is 10.4. The Hall–Kier alpha value is -1.63. The molecular weight excluding hydrogens is 536 g/mol. The van der Waals surface area contributed by atoms with Gasteiger partial charge in [0, 0.05) is 12.1 Å². The fourth-order valence-electron chi connectivity index (χ4n) is 4.42. The lowest BCUT2D eigenvalue weighted by Crippen LogP contribution is -2.22. The minimum absolute atomic E-state index is 0.0701. The van der Waals surface area contributed by atoms with E-state index in [0.717, 1.165) is 24.1 Å². The van der Waals surface area contributed by atoms with Gasteiger partial charge < -0.3 is 23.0 Å². The fourth-order valence-corrected chi connectivity index (χ4v) is 9.88. The Morgan fingerprint density at radius 2 is 1.15 bits per heavy atom. The molecule has 0 aliphatic carbocycles. The molecule has 2 aromatic carbocycles. The molecule has 0 aliphatic rings.